The number of hydrogen-bond donors (Lipinski definition) is 1. The lowest BCUT2D eigenvalue weighted by molar-refractivity contribution is 0.754. The van der Waals surface area contributed by atoms with Crippen LogP contribution in [0.4, 0.5) is 17.5 Å². The summed E-state index contributed by atoms with van der Waals surface area (Å²) in [5.41, 5.74) is 2.11. The Morgan fingerprint density at radius 1 is 1.33 bits per heavy atom. The highest BCUT2D eigenvalue weighted by Gasteiger charge is 2.06. The van der Waals surface area contributed by atoms with Crippen molar-refractivity contribution in [2.24, 2.45) is 0 Å². The van der Waals surface area contributed by atoms with Gasteiger partial charge >= 0.3 is 0 Å². The largest absolute Gasteiger partial charge is 0.358 e. The van der Waals surface area contributed by atoms with Crippen LogP contribution in [0.1, 0.15) is 25.3 Å². The monoisotopic (exact) mass is 349 g/mol. The Kier molecular flexibility index (Phi) is 5.50. The van der Waals surface area contributed by atoms with Gasteiger partial charge in [0.05, 0.1) is 6.20 Å². The van der Waals surface area contributed by atoms with Gasteiger partial charge in [0.25, 0.3) is 0 Å². The van der Waals surface area contributed by atoms with Crippen molar-refractivity contribution in [2.45, 2.75) is 26.7 Å². The smallest absolute Gasteiger partial charge is 0.249 e. The van der Waals surface area contributed by atoms with Crippen LogP contribution < -0.4 is 10.2 Å². The minimum atomic E-state index is 0.512. The summed E-state index contributed by atoms with van der Waals surface area (Å²) in [5, 5.41) is 11.3. The first-order chi connectivity index (χ1) is 10.1. The minimum Gasteiger partial charge on any atom is -0.358 e. The van der Waals surface area contributed by atoms with E-state index in [0.29, 0.717) is 5.95 Å². The van der Waals surface area contributed by atoms with Crippen LogP contribution in [0.2, 0.25) is 0 Å². The van der Waals surface area contributed by atoms with Crippen molar-refractivity contribution in [2.75, 3.05) is 23.8 Å². The first kappa shape index (κ1) is 15.7. The molecule has 0 unspecified atom stereocenters. The molecule has 0 radical (unpaired) electrons. The summed E-state index contributed by atoms with van der Waals surface area (Å²) in [6.07, 6.45) is 3.98. The Hall–Kier alpha value is -1.69. The lowest BCUT2D eigenvalue weighted by atomic mass is 10.2. The zero-order valence-corrected chi connectivity index (χ0v) is 14.2. The molecule has 1 aromatic carbocycles. The molecule has 0 bridgehead atoms. The van der Waals surface area contributed by atoms with Crippen molar-refractivity contribution >= 4 is 33.4 Å². The maximum Gasteiger partial charge on any atom is 0.249 e. The highest BCUT2D eigenvalue weighted by Crippen LogP contribution is 2.22. The van der Waals surface area contributed by atoms with E-state index in [1.165, 1.54) is 0 Å². The van der Waals surface area contributed by atoms with Gasteiger partial charge in [0, 0.05) is 23.8 Å². The average molecular weight is 350 g/mol. The van der Waals surface area contributed by atoms with Gasteiger partial charge in [-0.3, -0.25) is 0 Å². The predicted molar refractivity (Wildman–Crippen MR) is 90.2 cm³/mol. The molecule has 5 nitrogen and oxygen atoms in total. The zero-order chi connectivity index (χ0) is 15.2. The number of nitrogens with one attached hydrogen (secondary N) is 1. The number of aromatic nitrogens is 3. The number of halogens is 1. The fraction of sp³-hybridized carbons (Fsp3) is 0.400. The van der Waals surface area contributed by atoms with Crippen LogP contribution in [0.25, 0.3) is 0 Å². The van der Waals surface area contributed by atoms with E-state index >= 15 is 0 Å². The van der Waals surface area contributed by atoms with Crippen LogP contribution >= 0.6 is 15.9 Å². The fourth-order valence-corrected chi connectivity index (χ4v) is 2.14. The summed E-state index contributed by atoms with van der Waals surface area (Å²) in [6, 6.07) is 6.02. The van der Waals surface area contributed by atoms with Crippen molar-refractivity contribution in [3.05, 3.63) is 34.4 Å². The quantitative estimate of drug-likeness (QED) is 0.856. The summed E-state index contributed by atoms with van der Waals surface area (Å²) in [6.45, 7) is 5.18. The van der Waals surface area contributed by atoms with Crippen molar-refractivity contribution in [3.8, 4) is 0 Å². The van der Waals surface area contributed by atoms with Gasteiger partial charge in [-0.2, -0.15) is 10.1 Å². The van der Waals surface area contributed by atoms with Gasteiger partial charge in [0.1, 0.15) is 0 Å². The van der Waals surface area contributed by atoms with E-state index in [2.05, 4.69) is 48.3 Å². The van der Waals surface area contributed by atoms with Crippen LogP contribution in [-0.4, -0.2) is 28.8 Å². The number of hydrogen-bond acceptors (Lipinski definition) is 5. The molecule has 0 amide bonds. The predicted octanol–water partition coefficient (Wildman–Crippen LogP) is 3.92. The Labute approximate surface area is 133 Å². The Balaban J connectivity index is 2.11. The third kappa shape index (κ3) is 4.39. The second-order valence-corrected chi connectivity index (χ2v) is 5.86. The zero-order valence-electron chi connectivity index (χ0n) is 12.6. The van der Waals surface area contributed by atoms with Crippen molar-refractivity contribution in [1.29, 1.82) is 0 Å². The first-order valence-electron chi connectivity index (χ1n) is 7.04. The molecule has 0 saturated heterocycles. The highest BCUT2D eigenvalue weighted by molar-refractivity contribution is 9.10. The molecule has 2 rings (SSSR count). The van der Waals surface area contributed by atoms with Gasteiger partial charge < -0.3 is 10.2 Å². The molecule has 0 saturated carbocycles. The van der Waals surface area contributed by atoms with Crippen molar-refractivity contribution in [1.82, 2.24) is 15.2 Å². The van der Waals surface area contributed by atoms with E-state index in [-0.39, 0.29) is 0 Å². The molecule has 0 atom stereocenters. The molecule has 2 aromatic rings. The minimum absolute atomic E-state index is 0.512. The van der Waals surface area contributed by atoms with Gasteiger partial charge in [-0.25, -0.2) is 0 Å². The van der Waals surface area contributed by atoms with Gasteiger partial charge in [0.2, 0.25) is 5.95 Å². The fourth-order valence-electron chi connectivity index (χ4n) is 1.89. The number of rotatable bonds is 6. The van der Waals surface area contributed by atoms with E-state index in [1.807, 2.05) is 32.2 Å². The SMILES string of the molecule is CCCCN(C)c1cnnc(Nc2ccc(Br)c(C)c2)n1. The third-order valence-corrected chi connectivity index (χ3v) is 4.09. The van der Waals surface area contributed by atoms with E-state index in [1.54, 1.807) is 6.20 Å². The van der Waals surface area contributed by atoms with Gasteiger partial charge in [-0.05, 0) is 37.1 Å². The highest BCUT2D eigenvalue weighted by atomic mass is 79.9. The molecule has 1 aromatic heterocycles. The van der Waals surface area contributed by atoms with Crippen LogP contribution in [0.15, 0.2) is 28.9 Å². The number of benzene rings is 1. The van der Waals surface area contributed by atoms with Gasteiger partial charge in [0.15, 0.2) is 5.82 Å². The molecular formula is C15H20BrN5. The molecule has 0 aliphatic carbocycles. The van der Waals surface area contributed by atoms with Crippen LogP contribution in [0.5, 0.6) is 0 Å². The average Bonchev–Trinajstić information content (AvgIpc) is 2.49. The summed E-state index contributed by atoms with van der Waals surface area (Å²) < 4.78 is 1.08. The number of anilines is 3. The summed E-state index contributed by atoms with van der Waals surface area (Å²) in [7, 11) is 2.02. The number of unbranched alkanes of at least 4 members (excludes halogenated alkanes) is 1. The summed E-state index contributed by atoms with van der Waals surface area (Å²) >= 11 is 3.49. The van der Waals surface area contributed by atoms with Gasteiger partial charge in [-0.1, -0.05) is 29.3 Å². The molecule has 6 heteroatoms. The number of nitrogens with zero attached hydrogens (tertiary/aromatic N) is 4. The van der Waals surface area contributed by atoms with Crippen LogP contribution in [0.3, 0.4) is 0 Å². The van der Waals surface area contributed by atoms with E-state index < -0.39 is 0 Å². The molecular weight excluding hydrogens is 330 g/mol. The maximum atomic E-state index is 4.50. The van der Waals surface area contributed by atoms with Crippen LogP contribution in [0, 0.1) is 6.92 Å². The van der Waals surface area contributed by atoms with Crippen molar-refractivity contribution in [3.63, 3.8) is 0 Å². The first-order valence-corrected chi connectivity index (χ1v) is 7.83. The number of aryl methyl sites for hydroxylation is 1. The molecule has 0 fully saturated rings. The van der Waals surface area contributed by atoms with E-state index in [9.17, 15) is 0 Å². The van der Waals surface area contributed by atoms with E-state index in [0.717, 1.165) is 40.9 Å². The molecule has 0 aliphatic heterocycles. The van der Waals surface area contributed by atoms with Crippen molar-refractivity contribution < 1.29 is 0 Å². The third-order valence-electron chi connectivity index (χ3n) is 3.20. The molecule has 112 valence electrons. The van der Waals surface area contributed by atoms with Gasteiger partial charge in [-0.15, -0.1) is 5.10 Å². The standard InChI is InChI=1S/C15H20BrN5/c1-4-5-8-21(3)14-10-17-20-15(19-14)18-12-6-7-13(16)11(2)9-12/h6-7,9-10H,4-5,8H2,1-3H3,(H,18,19,20). The topological polar surface area (TPSA) is 53.9 Å². The Bertz CT molecular complexity index is 602. The maximum absolute atomic E-state index is 4.50. The Morgan fingerprint density at radius 2 is 2.14 bits per heavy atom. The second-order valence-electron chi connectivity index (χ2n) is 5.00. The van der Waals surface area contributed by atoms with Crippen LogP contribution in [-0.2, 0) is 0 Å². The summed E-state index contributed by atoms with van der Waals surface area (Å²) in [5.74, 6) is 1.34. The second kappa shape index (κ2) is 7.36. The molecule has 1 heterocycles. The normalized spacial score (nSPS) is 10.5. The lowest BCUT2D eigenvalue weighted by Gasteiger charge is -2.17. The lowest BCUT2D eigenvalue weighted by Crippen LogP contribution is -2.20. The molecule has 0 aliphatic rings. The Morgan fingerprint density at radius 3 is 2.86 bits per heavy atom. The van der Waals surface area contributed by atoms with E-state index in [4.69, 9.17) is 0 Å². The molecule has 0 spiro atoms. The molecule has 1 N–H and O–H groups in total. The molecule has 21 heavy (non-hydrogen) atoms. The summed E-state index contributed by atoms with van der Waals surface area (Å²) in [4.78, 5) is 6.60.